The van der Waals surface area contributed by atoms with Crippen molar-refractivity contribution in [3.8, 4) is 17.0 Å². The number of aromatic hydroxyl groups is 1. The molecule has 1 fully saturated rings. The fourth-order valence-corrected chi connectivity index (χ4v) is 3.24. The topological polar surface area (TPSA) is 84.9 Å². The first-order valence-electron chi connectivity index (χ1n) is 7.97. The fourth-order valence-electron chi connectivity index (χ4n) is 3.24. The molecule has 1 aliphatic rings. The van der Waals surface area contributed by atoms with E-state index in [1.54, 1.807) is 12.1 Å². The zero-order valence-electron chi connectivity index (χ0n) is 13.3. The van der Waals surface area contributed by atoms with Crippen molar-refractivity contribution in [2.24, 2.45) is 0 Å². The Kier molecular flexibility index (Phi) is 3.41. The summed E-state index contributed by atoms with van der Waals surface area (Å²) < 4.78 is 0. The number of hydrogen-bond donors (Lipinski definition) is 2. The highest BCUT2D eigenvalue weighted by Gasteiger charge is 2.41. The highest BCUT2D eigenvalue weighted by atomic mass is 16.3. The van der Waals surface area contributed by atoms with Crippen LogP contribution in [0.4, 0.5) is 5.82 Å². The van der Waals surface area contributed by atoms with E-state index in [-0.39, 0.29) is 5.75 Å². The van der Waals surface area contributed by atoms with Crippen LogP contribution in [0.2, 0.25) is 0 Å². The number of nitrogen functional groups attached to an aromatic ring is 1. The molecule has 120 valence electrons. The molecule has 5 nitrogen and oxygen atoms in total. The molecule has 2 atom stereocenters. The van der Waals surface area contributed by atoms with E-state index in [1.807, 2.05) is 31.3 Å². The summed E-state index contributed by atoms with van der Waals surface area (Å²) >= 11 is 0. The summed E-state index contributed by atoms with van der Waals surface area (Å²) in [5.74, 6) is 1.44. The van der Waals surface area contributed by atoms with Crippen LogP contribution in [0.5, 0.6) is 5.75 Å². The predicted molar refractivity (Wildman–Crippen MR) is 92.6 cm³/mol. The Morgan fingerprint density at radius 1 is 1.08 bits per heavy atom. The minimum atomic E-state index is 0.194. The van der Waals surface area contributed by atoms with Crippen molar-refractivity contribution in [1.82, 2.24) is 15.2 Å². The summed E-state index contributed by atoms with van der Waals surface area (Å²) in [6.07, 6.45) is 2.89. The molecule has 4 rings (SSSR count). The zero-order chi connectivity index (χ0) is 16.7. The standard InChI is InChI=1S/C19H18N4O/c1-11-8-12(6-7-21-11)14-9-15(14)16-10-17(22-23-19(16)20)13-4-2-3-5-18(13)24/h2-8,10,14-15,24H,9H2,1H3,(H2,20,23)/t14-,15+/m0/s1. The second kappa shape index (κ2) is 5.60. The zero-order valence-corrected chi connectivity index (χ0v) is 13.3. The normalized spacial score (nSPS) is 19.2. The number of phenols is 1. The summed E-state index contributed by atoms with van der Waals surface area (Å²) in [5.41, 5.74) is 10.7. The number of rotatable bonds is 3. The van der Waals surface area contributed by atoms with Crippen LogP contribution in [-0.2, 0) is 0 Å². The first-order chi connectivity index (χ1) is 11.6. The molecule has 2 aromatic heterocycles. The number of anilines is 1. The van der Waals surface area contributed by atoms with Crippen molar-refractivity contribution < 1.29 is 5.11 Å². The van der Waals surface area contributed by atoms with Gasteiger partial charge in [-0.15, -0.1) is 10.2 Å². The SMILES string of the molecule is Cc1cc([C@@H]2C[C@H]2c2cc(-c3ccccc3O)nnc2N)ccn1. The van der Waals surface area contributed by atoms with Gasteiger partial charge in [0.1, 0.15) is 11.6 Å². The summed E-state index contributed by atoms with van der Waals surface area (Å²) in [7, 11) is 0. The van der Waals surface area contributed by atoms with E-state index in [4.69, 9.17) is 5.73 Å². The Balaban J connectivity index is 1.68. The molecule has 3 N–H and O–H groups in total. The smallest absolute Gasteiger partial charge is 0.149 e. The van der Waals surface area contributed by atoms with E-state index in [0.29, 0.717) is 28.9 Å². The van der Waals surface area contributed by atoms with Gasteiger partial charge in [-0.2, -0.15) is 0 Å². The van der Waals surface area contributed by atoms with Crippen LogP contribution in [0.1, 0.15) is 35.1 Å². The van der Waals surface area contributed by atoms with Gasteiger partial charge in [0.15, 0.2) is 0 Å². The molecule has 0 radical (unpaired) electrons. The van der Waals surface area contributed by atoms with E-state index >= 15 is 0 Å². The number of nitrogens with two attached hydrogens (primary N) is 1. The molecule has 1 aromatic carbocycles. The third-order valence-corrected chi connectivity index (χ3v) is 4.57. The number of aryl methyl sites for hydroxylation is 1. The molecule has 0 unspecified atom stereocenters. The molecule has 24 heavy (non-hydrogen) atoms. The molecule has 0 amide bonds. The van der Waals surface area contributed by atoms with Crippen molar-refractivity contribution in [1.29, 1.82) is 0 Å². The molecule has 0 spiro atoms. The van der Waals surface area contributed by atoms with Crippen LogP contribution in [0.25, 0.3) is 11.3 Å². The second-order valence-electron chi connectivity index (χ2n) is 6.27. The number of nitrogens with zero attached hydrogens (tertiary/aromatic N) is 3. The monoisotopic (exact) mass is 318 g/mol. The molecule has 0 bridgehead atoms. The maximum absolute atomic E-state index is 10.0. The number of phenolic OH excluding ortho intramolecular Hbond substituents is 1. The second-order valence-corrected chi connectivity index (χ2v) is 6.27. The first kappa shape index (κ1) is 14.6. The molecule has 0 saturated heterocycles. The van der Waals surface area contributed by atoms with Crippen LogP contribution in [0.15, 0.2) is 48.7 Å². The lowest BCUT2D eigenvalue weighted by atomic mass is 10.0. The van der Waals surface area contributed by atoms with Gasteiger partial charge in [0, 0.05) is 23.0 Å². The van der Waals surface area contributed by atoms with Crippen LogP contribution in [-0.4, -0.2) is 20.3 Å². The number of aromatic nitrogens is 3. The number of para-hydroxylation sites is 1. The number of hydrogen-bond acceptors (Lipinski definition) is 5. The van der Waals surface area contributed by atoms with Crippen LogP contribution >= 0.6 is 0 Å². The van der Waals surface area contributed by atoms with Gasteiger partial charge in [-0.3, -0.25) is 4.98 Å². The van der Waals surface area contributed by atoms with Crippen molar-refractivity contribution >= 4 is 5.82 Å². The van der Waals surface area contributed by atoms with E-state index in [9.17, 15) is 5.11 Å². The van der Waals surface area contributed by atoms with Gasteiger partial charge < -0.3 is 10.8 Å². The lowest BCUT2D eigenvalue weighted by molar-refractivity contribution is 0.477. The van der Waals surface area contributed by atoms with Crippen LogP contribution in [0, 0.1) is 6.92 Å². The summed E-state index contributed by atoms with van der Waals surface area (Å²) in [6.45, 7) is 2.00. The molecule has 1 aliphatic carbocycles. The Hall–Kier alpha value is -2.95. The van der Waals surface area contributed by atoms with E-state index in [0.717, 1.165) is 17.7 Å². The Morgan fingerprint density at radius 3 is 2.71 bits per heavy atom. The molecule has 5 heteroatoms. The van der Waals surface area contributed by atoms with Gasteiger partial charge in [-0.05, 0) is 61.1 Å². The quantitative estimate of drug-likeness (QED) is 0.773. The highest BCUT2D eigenvalue weighted by Crippen LogP contribution is 2.56. The van der Waals surface area contributed by atoms with Crippen molar-refractivity contribution in [3.63, 3.8) is 0 Å². The molecule has 1 saturated carbocycles. The predicted octanol–water partition coefficient (Wildman–Crippen LogP) is 3.41. The molecule has 0 aliphatic heterocycles. The number of pyridine rings is 1. The summed E-state index contributed by atoms with van der Waals surface area (Å²) in [5, 5.41) is 18.3. The van der Waals surface area contributed by atoms with Gasteiger partial charge in [0.05, 0.1) is 5.69 Å². The van der Waals surface area contributed by atoms with E-state index in [1.165, 1.54) is 5.56 Å². The minimum Gasteiger partial charge on any atom is -0.507 e. The van der Waals surface area contributed by atoms with Crippen molar-refractivity contribution in [2.75, 3.05) is 5.73 Å². The van der Waals surface area contributed by atoms with Gasteiger partial charge in [-0.1, -0.05) is 12.1 Å². The largest absolute Gasteiger partial charge is 0.507 e. The third-order valence-electron chi connectivity index (χ3n) is 4.57. The molecular formula is C19H18N4O. The van der Waals surface area contributed by atoms with Crippen molar-refractivity contribution in [3.05, 3.63) is 65.5 Å². The number of benzene rings is 1. The fraction of sp³-hybridized carbons (Fsp3) is 0.211. The van der Waals surface area contributed by atoms with Gasteiger partial charge >= 0.3 is 0 Å². The molecular weight excluding hydrogens is 300 g/mol. The minimum absolute atomic E-state index is 0.194. The summed E-state index contributed by atoms with van der Waals surface area (Å²) in [6, 6.07) is 13.3. The van der Waals surface area contributed by atoms with Crippen LogP contribution in [0.3, 0.4) is 0 Å². The molecule has 3 aromatic rings. The van der Waals surface area contributed by atoms with Gasteiger partial charge in [0.25, 0.3) is 0 Å². The third kappa shape index (κ3) is 2.58. The Labute approximate surface area is 140 Å². The summed E-state index contributed by atoms with van der Waals surface area (Å²) in [4.78, 5) is 4.25. The van der Waals surface area contributed by atoms with Crippen LogP contribution < -0.4 is 5.73 Å². The lowest BCUT2D eigenvalue weighted by Crippen LogP contribution is -2.01. The van der Waals surface area contributed by atoms with Crippen molar-refractivity contribution in [2.45, 2.75) is 25.2 Å². The Bertz CT molecular complexity index is 909. The molecule has 2 heterocycles. The maximum atomic E-state index is 10.0. The highest BCUT2D eigenvalue weighted by molar-refractivity contribution is 5.68. The van der Waals surface area contributed by atoms with Gasteiger partial charge in [0.2, 0.25) is 0 Å². The first-order valence-corrected chi connectivity index (χ1v) is 7.97. The average Bonchev–Trinajstić information content (AvgIpc) is 3.36. The van der Waals surface area contributed by atoms with E-state index in [2.05, 4.69) is 27.3 Å². The average molecular weight is 318 g/mol. The Morgan fingerprint density at radius 2 is 1.92 bits per heavy atom. The van der Waals surface area contributed by atoms with Gasteiger partial charge in [-0.25, -0.2) is 0 Å². The lowest BCUT2D eigenvalue weighted by Gasteiger charge is -2.08. The maximum Gasteiger partial charge on any atom is 0.149 e. The van der Waals surface area contributed by atoms with E-state index < -0.39 is 0 Å².